The highest BCUT2D eigenvalue weighted by molar-refractivity contribution is 9.10. The van der Waals surface area contributed by atoms with Gasteiger partial charge in [0.2, 0.25) is 4.60 Å². The van der Waals surface area contributed by atoms with E-state index in [-0.39, 0.29) is 5.95 Å². The second kappa shape index (κ2) is 4.89. The predicted octanol–water partition coefficient (Wildman–Crippen LogP) is 3.32. The second-order valence-corrected chi connectivity index (χ2v) is 4.67. The lowest BCUT2D eigenvalue weighted by molar-refractivity contribution is -0.396. The van der Waals surface area contributed by atoms with Crippen LogP contribution in [0.15, 0.2) is 28.9 Å². The van der Waals surface area contributed by atoms with Crippen molar-refractivity contribution in [2.45, 2.75) is 13.3 Å². The third-order valence-corrected chi connectivity index (χ3v) is 3.38. The lowest BCUT2D eigenvalue weighted by atomic mass is 10.1. The number of rotatable bonds is 3. The van der Waals surface area contributed by atoms with Crippen LogP contribution in [0, 0.1) is 10.1 Å². The molecule has 0 radical (unpaired) electrons. The smallest absolute Gasteiger partial charge is 0.390 e. The van der Waals surface area contributed by atoms with Gasteiger partial charge in [0.1, 0.15) is 0 Å². The molecular formula is C12H12BrN3O2. The van der Waals surface area contributed by atoms with Gasteiger partial charge in [-0.3, -0.25) is 0 Å². The highest BCUT2D eigenvalue weighted by atomic mass is 79.9. The molecule has 0 unspecified atom stereocenters. The lowest BCUT2D eigenvalue weighted by Crippen LogP contribution is -1.99. The van der Waals surface area contributed by atoms with Crippen molar-refractivity contribution in [3.05, 3.63) is 44.5 Å². The van der Waals surface area contributed by atoms with Crippen molar-refractivity contribution in [2.24, 2.45) is 7.05 Å². The first kappa shape index (κ1) is 12.8. The molecule has 0 aliphatic carbocycles. The lowest BCUT2D eigenvalue weighted by Gasteiger charge is -2.02. The number of aryl methyl sites for hydroxylation is 1. The largest absolute Gasteiger partial charge is 0.436 e. The molecule has 0 aliphatic rings. The van der Waals surface area contributed by atoms with Gasteiger partial charge in [0.15, 0.2) is 5.69 Å². The summed E-state index contributed by atoms with van der Waals surface area (Å²) in [5.74, 6) is -0.170. The molecule has 0 amide bonds. The van der Waals surface area contributed by atoms with Crippen LogP contribution >= 0.6 is 15.9 Å². The van der Waals surface area contributed by atoms with Gasteiger partial charge in [-0.1, -0.05) is 36.2 Å². The molecule has 5 nitrogen and oxygen atoms in total. The van der Waals surface area contributed by atoms with Gasteiger partial charge < -0.3 is 10.1 Å². The van der Waals surface area contributed by atoms with Crippen LogP contribution in [0.2, 0.25) is 0 Å². The summed E-state index contributed by atoms with van der Waals surface area (Å²) in [5.41, 5.74) is 2.85. The number of hydrogen-bond donors (Lipinski definition) is 0. The van der Waals surface area contributed by atoms with Gasteiger partial charge >= 0.3 is 5.95 Å². The number of aromatic nitrogens is 2. The van der Waals surface area contributed by atoms with Crippen LogP contribution in [0.3, 0.4) is 0 Å². The summed E-state index contributed by atoms with van der Waals surface area (Å²) in [6.45, 7) is 2.08. The van der Waals surface area contributed by atoms with Crippen molar-refractivity contribution < 1.29 is 4.92 Å². The first-order chi connectivity index (χ1) is 8.54. The minimum Gasteiger partial charge on any atom is -0.390 e. The van der Waals surface area contributed by atoms with Gasteiger partial charge in [-0.2, -0.15) is 0 Å². The van der Waals surface area contributed by atoms with Crippen LogP contribution in [0.5, 0.6) is 0 Å². The predicted molar refractivity (Wildman–Crippen MR) is 72.4 cm³/mol. The number of nitro groups is 1. The zero-order chi connectivity index (χ0) is 13.3. The van der Waals surface area contributed by atoms with E-state index in [0.29, 0.717) is 10.3 Å². The maximum absolute atomic E-state index is 10.8. The molecule has 1 aromatic carbocycles. The standard InChI is InChI=1S/C12H12BrN3O2/c1-3-8-4-6-9(7-5-8)10-11(13)14-12(15(10)2)16(17)18/h4-7H,3H2,1-2H3. The van der Waals surface area contributed by atoms with Crippen molar-refractivity contribution in [3.8, 4) is 11.3 Å². The Hall–Kier alpha value is -1.69. The summed E-state index contributed by atoms with van der Waals surface area (Å²) in [5, 5.41) is 10.8. The molecule has 0 saturated heterocycles. The molecule has 1 aromatic heterocycles. The fraction of sp³-hybridized carbons (Fsp3) is 0.250. The molecule has 94 valence electrons. The van der Waals surface area contributed by atoms with Crippen molar-refractivity contribution >= 4 is 21.9 Å². The number of hydrogen-bond acceptors (Lipinski definition) is 3. The molecule has 0 aliphatic heterocycles. The maximum atomic E-state index is 10.8. The van der Waals surface area contributed by atoms with Crippen molar-refractivity contribution in [1.82, 2.24) is 9.55 Å². The molecule has 0 N–H and O–H groups in total. The third-order valence-electron chi connectivity index (χ3n) is 2.83. The van der Waals surface area contributed by atoms with E-state index in [4.69, 9.17) is 0 Å². The topological polar surface area (TPSA) is 61.0 Å². The SMILES string of the molecule is CCc1ccc(-c2c(Br)nc([N+](=O)[O-])n2C)cc1. The van der Waals surface area contributed by atoms with Crippen molar-refractivity contribution in [3.63, 3.8) is 0 Å². The molecule has 2 aromatic rings. The first-order valence-electron chi connectivity index (χ1n) is 5.50. The Labute approximate surface area is 113 Å². The minimum atomic E-state index is -0.491. The Balaban J connectivity index is 2.53. The summed E-state index contributed by atoms with van der Waals surface area (Å²) in [7, 11) is 1.64. The molecule has 1 heterocycles. The second-order valence-electron chi connectivity index (χ2n) is 3.92. The Morgan fingerprint density at radius 1 is 1.39 bits per heavy atom. The Morgan fingerprint density at radius 3 is 2.44 bits per heavy atom. The summed E-state index contributed by atoms with van der Waals surface area (Å²) in [4.78, 5) is 14.2. The maximum Gasteiger partial charge on any atom is 0.436 e. The third kappa shape index (κ3) is 2.15. The fourth-order valence-electron chi connectivity index (χ4n) is 1.83. The van der Waals surface area contributed by atoms with Crippen LogP contribution in [0.25, 0.3) is 11.3 Å². The summed E-state index contributed by atoms with van der Waals surface area (Å²) in [6, 6.07) is 7.93. The number of benzene rings is 1. The van der Waals surface area contributed by atoms with Gasteiger partial charge in [-0.15, -0.1) is 0 Å². The Bertz CT molecular complexity index is 590. The molecule has 0 bridgehead atoms. The highest BCUT2D eigenvalue weighted by Gasteiger charge is 2.24. The number of halogens is 1. The van der Waals surface area contributed by atoms with E-state index >= 15 is 0 Å². The van der Waals surface area contributed by atoms with Gasteiger partial charge in [0, 0.05) is 5.56 Å². The minimum absolute atomic E-state index is 0.170. The average Bonchev–Trinajstić information content (AvgIpc) is 2.65. The normalized spacial score (nSPS) is 10.6. The summed E-state index contributed by atoms with van der Waals surface area (Å²) < 4.78 is 1.96. The highest BCUT2D eigenvalue weighted by Crippen LogP contribution is 2.31. The molecule has 0 fully saturated rings. The van der Waals surface area contributed by atoms with Crippen LogP contribution in [-0.2, 0) is 13.5 Å². The van der Waals surface area contributed by atoms with Gasteiger partial charge in [-0.05, 0) is 32.8 Å². The van der Waals surface area contributed by atoms with Gasteiger partial charge in [0.25, 0.3) is 0 Å². The zero-order valence-electron chi connectivity index (χ0n) is 10.1. The van der Waals surface area contributed by atoms with E-state index in [1.165, 1.54) is 10.1 Å². The van der Waals surface area contributed by atoms with E-state index < -0.39 is 4.92 Å². The molecule has 6 heteroatoms. The zero-order valence-corrected chi connectivity index (χ0v) is 11.6. The van der Waals surface area contributed by atoms with Crippen LogP contribution in [-0.4, -0.2) is 14.5 Å². The monoisotopic (exact) mass is 309 g/mol. The Morgan fingerprint density at radius 2 is 2.00 bits per heavy atom. The van der Waals surface area contributed by atoms with E-state index in [0.717, 1.165) is 12.0 Å². The van der Waals surface area contributed by atoms with Gasteiger partial charge in [0.05, 0.1) is 7.05 Å². The number of nitrogens with zero attached hydrogens (tertiary/aromatic N) is 3. The average molecular weight is 310 g/mol. The Kier molecular flexibility index (Phi) is 3.47. The summed E-state index contributed by atoms with van der Waals surface area (Å²) in [6.07, 6.45) is 0.965. The van der Waals surface area contributed by atoms with Crippen LogP contribution in [0.4, 0.5) is 5.95 Å². The van der Waals surface area contributed by atoms with Crippen LogP contribution < -0.4 is 0 Å². The fourth-order valence-corrected chi connectivity index (χ4v) is 2.48. The molecule has 0 saturated carbocycles. The first-order valence-corrected chi connectivity index (χ1v) is 6.29. The molecule has 2 rings (SSSR count). The molecular weight excluding hydrogens is 298 g/mol. The number of imidazole rings is 1. The van der Waals surface area contributed by atoms with Crippen molar-refractivity contribution in [1.29, 1.82) is 0 Å². The van der Waals surface area contributed by atoms with E-state index in [1.807, 2.05) is 24.3 Å². The molecule has 0 atom stereocenters. The quantitative estimate of drug-likeness (QED) is 0.645. The van der Waals surface area contributed by atoms with Crippen LogP contribution in [0.1, 0.15) is 12.5 Å². The summed E-state index contributed by atoms with van der Waals surface area (Å²) >= 11 is 3.27. The molecule has 18 heavy (non-hydrogen) atoms. The molecule has 0 spiro atoms. The van der Waals surface area contributed by atoms with E-state index in [2.05, 4.69) is 27.8 Å². The van der Waals surface area contributed by atoms with Crippen molar-refractivity contribution in [2.75, 3.05) is 0 Å². The van der Waals surface area contributed by atoms with E-state index in [1.54, 1.807) is 7.05 Å². The van der Waals surface area contributed by atoms with Gasteiger partial charge in [-0.25, -0.2) is 4.57 Å². The van der Waals surface area contributed by atoms with E-state index in [9.17, 15) is 10.1 Å².